The number of likely N-dealkylation sites (tertiary alicyclic amines) is 1. The lowest BCUT2D eigenvalue weighted by Crippen LogP contribution is -2.34. The van der Waals surface area contributed by atoms with Crippen molar-refractivity contribution < 1.29 is 4.79 Å². The Balaban J connectivity index is 1.22. The van der Waals surface area contributed by atoms with Crippen LogP contribution in [0.15, 0.2) is 84.4 Å². The van der Waals surface area contributed by atoms with Crippen molar-refractivity contribution in [3.05, 3.63) is 107 Å². The smallest absolute Gasteiger partial charge is 0.162 e. The van der Waals surface area contributed by atoms with Gasteiger partial charge in [-0.25, -0.2) is 0 Å². The molecule has 0 unspecified atom stereocenters. The van der Waals surface area contributed by atoms with Gasteiger partial charge in [0.1, 0.15) is 0 Å². The maximum atomic E-state index is 13.1. The number of benzene rings is 2. The molecule has 37 heavy (non-hydrogen) atoms. The lowest BCUT2D eigenvalue weighted by atomic mass is 9.89. The molecule has 0 saturated carbocycles. The number of nitrogens with zero attached hydrogens (tertiary/aromatic N) is 2. The summed E-state index contributed by atoms with van der Waals surface area (Å²) >= 11 is 6.06. The van der Waals surface area contributed by atoms with Crippen LogP contribution in [0, 0.1) is 5.92 Å². The lowest BCUT2D eigenvalue weighted by Gasteiger charge is -2.31. The summed E-state index contributed by atoms with van der Waals surface area (Å²) in [5.74, 6) is 0.960. The minimum absolute atomic E-state index is 0.304. The molecule has 2 aromatic carbocycles. The SMILES string of the molecule is C=C/C=C(Cl)\C=C/CCN1CCC(CCC(=O)c2ccc3c(c2)CN(Cc2ccccc2)CCC3)CC1. The highest BCUT2D eigenvalue weighted by Crippen LogP contribution is 2.25. The predicted molar refractivity (Wildman–Crippen MR) is 156 cm³/mol. The van der Waals surface area contributed by atoms with E-state index in [0.717, 1.165) is 69.1 Å². The molecule has 4 heteroatoms. The standard InChI is InChI=1S/C33H41ClN2O/c1-2-9-32(34)13-6-7-20-35-22-18-27(19-23-35)14-17-33(37)30-16-15-29-12-8-21-36(26-31(29)24-30)25-28-10-4-3-5-11-28/h2-6,9-11,13,15-16,24,27H,1,7-8,12,14,17-23,25-26H2/b13-6-,32-9+. The van der Waals surface area contributed by atoms with E-state index in [1.807, 2.05) is 6.08 Å². The van der Waals surface area contributed by atoms with Crippen LogP contribution in [0.5, 0.6) is 0 Å². The Labute approximate surface area is 228 Å². The first-order chi connectivity index (χ1) is 18.1. The third-order valence-electron chi connectivity index (χ3n) is 7.74. The second kappa shape index (κ2) is 14.5. The molecule has 0 atom stereocenters. The number of allylic oxidation sites excluding steroid dienone is 4. The van der Waals surface area contributed by atoms with Crippen molar-refractivity contribution in [2.75, 3.05) is 26.2 Å². The van der Waals surface area contributed by atoms with Gasteiger partial charge < -0.3 is 4.90 Å². The van der Waals surface area contributed by atoms with Gasteiger partial charge in [-0.2, -0.15) is 0 Å². The zero-order chi connectivity index (χ0) is 25.9. The fraction of sp³-hybridized carbons (Fsp3) is 0.424. The summed E-state index contributed by atoms with van der Waals surface area (Å²) in [5.41, 5.74) is 5.00. The molecule has 2 aliphatic rings. The molecule has 2 aliphatic heterocycles. The zero-order valence-electron chi connectivity index (χ0n) is 22.1. The summed E-state index contributed by atoms with van der Waals surface area (Å²) in [4.78, 5) is 18.2. The molecule has 2 heterocycles. The van der Waals surface area contributed by atoms with E-state index in [1.165, 1.54) is 36.0 Å². The maximum Gasteiger partial charge on any atom is 0.162 e. The zero-order valence-corrected chi connectivity index (χ0v) is 22.8. The number of carbonyl (C=O) groups excluding carboxylic acids is 1. The summed E-state index contributed by atoms with van der Waals surface area (Å²) in [6.07, 6.45) is 14.9. The Morgan fingerprint density at radius 2 is 1.84 bits per heavy atom. The molecule has 0 aromatic heterocycles. The summed E-state index contributed by atoms with van der Waals surface area (Å²) in [6.45, 7) is 9.97. The van der Waals surface area contributed by atoms with E-state index in [2.05, 4.69) is 71.0 Å². The Morgan fingerprint density at radius 1 is 1.03 bits per heavy atom. The number of carbonyl (C=O) groups is 1. The van der Waals surface area contributed by atoms with Gasteiger partial charge >= 0.3 is 0 Å². The molecule has 2 aromatic rings. The van der Waals surface area contributed by atoms with E-state index < -0.39 is 0 Å². The topological polar surface area (TPSA) is 23.6 Å². The Hall–Kier alpha value is -2.46. The van der Waals surface area contributed by atoms with Crippen molar-refractivity contribution in [1.29, 1.82) is 0 Å². The van der Waals surface area contributed by atoms with Crippen molar-refractivity contribution in [3.63, 3.8) is 0 Å². The number of hydrogen-bond acceptors (Lipinski definition) is 3. The van der Waals surface area contributed by atoms with Crippen LogP contribution in [0.4, 0.5) is 0 Å². The van der Waals surface area contributed by atoms with Crippen molar-refractivity contribution in [2.24, 2.45) is 5.92 Å². The Morgan fingerprint density at radius 3 is 2.62 bits per heavy atom. The molecule has 196 valence electrons. The first-order valence-corrected chi connectivity index (χ1v) is 14.3. The van der Waals surface area contributed by atoms with E-state index in [4.69, 9.17) is 11.6 Å². The second-order valence-electron chi connectivity index (χ2n) is 10.5. The molecule has 0 radical (unpaired) electrons. The molecule has 0 spiro atoms. The van der Waals surface area contributed by atoms with Crippen LogP contribution in [-0.2, 0) is 19.5 Å². The third kappa shape index (κ3) is 8.81. The molecule has 1 fully saturated rings. The monoisotopic (exact) mass is 516 g/mol. The van der Waals surface area contributed by atoms with Crippen LogP contribution >= 0.6 is 11.6 Å². The number of rotatable bonds is 11. The Kier molecular flexibility index (Phi) is 10.8. The summed E-state index contributed by atoms with van der Waals surface area (Å²) in [5, 5.41) is 0.720. The van der Waals surface area contributed by atoms with Gasteiger partial charge in [0.05, 0.1) is 0 Å². The number of fused-ring (bicyclic) bond motifs is 1. The van der Waals surface area contributed by atoms with Crippen LogP contribution in [0.3, 0.4) is 0 Å². The first-order valence-electron chi connectivity index (χ1n) is 13.9. The van der Waals surface area contributed by atoms with E-state index in [-0.39, 0.29) is 0 Å². The number of Topliss-reactive ketones (excluding diaryl/α,β-unsaturated/α-hetero) is 1. The molecular weight excluding hydrogens is 476 g/mol. The maximum absolute atomic E-state index is 13.1. The highest BCUT2D eigenvalue weighted by atomic mass is 35.5. The van der Waals surface area contributed by atoms with Crippen LogP contribution in [0.2, 0.25) is 0 Å². The predicted octanol–water partition coefficient (Wildman–Crippen LogP) is 7.56. The minimum atomic E-state index is 0.304. The van der Waals surface area contributed by atoms with Gasteiger partial charge in [-0.05, 0) is 99.0 Å². The van der Waals surface area contributed by atoms with E-state index in [0.29, 0.717) is 18.1 Å². The average molecular weight is 517 g/mol. The van der Waals surface area contributed by atoms with E-state index in [1.54, 1.807) is 12.2 Å². The molecule has 0 aliphatic carbocycles. The molecule has 1 saturated heterocycles. The lowest BCUT2D eigenvalue weighted by molar-refractivity contribution is 0.0962. The number of halogens is 1. The van der Waals surface area contributed by atoms with Crippen molar-refractivity contribution in [1.82, 2.24) is 9.80 Å². The van der Waals surface area contributed by atoms with Crippen molar-refractivity contribution in [2.45, 2.75) is 58.0 Å². The minimum Gasteiger partial charge on any atom is -0.303 e. The number of hydrogen-bond donors (Lipinski definition) is 0. The Bertz CT molecular complexity index is 1080. The second-order valence-corrected chi connectivity index (χ2v) is 10.9. The third-order valence-corrected chi connectivity index (χ3v) is 8.00. The first kappa shape index (κ1) is 27.6. The quantitative estimate of drug-likeness (QED) is 0.227. The fourth-order valence-corrected chi connectivity index (χ4v) is 5.76. The van der Waals surface area contributed by atoms with Gasteiger partial charge in [0.15, 0.2) is 5.78 Å². The van der Waals surface area contributed by atoms with Crippen LogP contribution in [0.25, 0.3) is 0 Å². The summed E-state index contributed by atoms with van der Waals surface area (Å²) in [7, 11) is 0. The largest absolute Gasteiger partial charge is 0.303 e. The fourth-order valence-electron chi connectivity index (χ4n) is 5.58. The highest BCUT2D eigenvalue weighted by molar-refractivity contribution is 6.31. The van der Waals surface area contributed by atoms with Crippen LogP contribution in [0.1, 0.15) is 65.6 Å². The average Bonchev–Trinajstić information content (AvgIpc) is 3.12. The highest BCUT2D eigenvalue weighted by Gasteiger charge is 2.21. The van der Waals surface area contributed by atoms with Gasteiger partial charge in [0.25, 0.3) is 0 Å². The van der Waals surface area contributed by atoms with E-state index in [9.17, 15) is 4.79 Å². The van der Waals surface area contributed by atoms with Gasteiger partial charge in [0, 0.05) is 36.7 Å². The van der Waals surface area contributed by atoms with Gasteiger partial charge in [-0.3, -0.25) is 9.69 Å². The van der Waals surface area contributed by atoms with Gasteiger partial charge in [-0.1, -0.05) is 72.8 Å². The van der Waals surface area contributed by atoms with Crippen LogP contribution in [-0.4, -0.2) is 41.8 Å². The van der Waals surface area contributed by atoms with Crippen LogP contribution < -0.4 is 0 Å². The van der Waals surface area contributed by atoms with Crippen molar-refractivity contribution in [3.8, 4) is 0 Å². The molecule has 4 rings (SSSR count). The molecule has 0 amide bonds. The number of piperidine rings is 1. The van der Waals surface area contributed by atoms with Gasteiger partial charge in [-0.15, -0.1) is 0 Å². The number of aryl methyl sites for hydroxylation is 1. The normalized spacial score (nSPS) is 18.0. The molecule has 3 nitrogen and oxygen atoms in total. The van der Waals surface area contributed by atoms with Gasteiger partial charge in [0.2, 0.25) is 0 Å². The number of ketones is 1. The molecular formula is C33H41ClN2O. The molecule has 0 N–H and O–H groups in total. The van der Waals surface area contributed by atoms with Crippen molar-refractivity contribution >= 4 is 17.4 Å². The van der Waals surface area contributed by atoms with E-state index >= 15 is 0 Å². The summed E-state index contributed by atoms with van der Waals surface area (Å²) in [6, 6.07) is 17.2. The molecule has 0 bridgehead atoms. The summed E-state index contributed by atoms with van der Waals surface area (Å²) < 4.78 is 0.